The molecule has 0 radical (unpaired) electrons. The Kier molecular flexibility index (Phi) is 10.0. The second kappa shape index (κ2) is 11.7. The fraction of sp³-hybridized carbons (Fsp3) is 0.808. The van der Waals surface area contributed by atoms with Crippen LogP contribution in [0.25, 0.3) is 0 Å². The van der Waals surface area contributed by atoms with Crippen LogP contribution in [0.4, 0.5) is 0 Å². The number of aliphatic hydroxyl groups is 1. The lowest BCUT2D eigenvalue weighted by Gasteiger charge is -2.34. The van der Waals surface area contributed by atoms with Crippen LogP contribution in [0.15, 0.2) is 12.2 Å². The highest BCUT2D eigenvalue weighted by atomic mass is 127. The smallest absolute Gasteiger partial charge is 1.00 e. The molecule has 0 spiro atoms. The monoisotopic (exact) mass is 624 g/mol. The zero-order valence-electron chi connectivity index (χ0n) is 20.6. The number of ether oxygens (including phenoxy) is 5. The highest BCUT2D eigenvalue weighted by Crippen LogP contribution is 2.63. The maximum absolute atomic E-state index is 11.8. The molecule has 9 nitrogen and oxygen atoms in total. The molecule has 36 heavy (non-hydrogen) atoms. The molecule has 0 aromatic heterocycles. The summed E-state index contributed by atoms with van der Waals surface area (Å²) in [5.74, 6) is 1.73. The molecule has 4 aliphatic carbocycles. The van der Waals surface area contributed by atoms with Crippen molar-refractivity contribution in [2.45, 2.75) is 59.0 Å². The van der Waals surface area contributed by atoms with E-state index in [-0.39, 0.29) is 94.0 Å². The van der Waals surface area contributed by atoms with Crippen LogP contribution in [0.3, 0.4) is 0 Å². The molecule has 12 atom stereocenters. The molecule has 206 valence electrons. The predicted octanol–water partition coefficient (Wildman–Crippen LogP) is -0.882. The molecule has 7 aliphatic rings. The van der Waals surface area contributed by atoms with Gasteiger partial charge in [-0.3, -0.25) is 9.59 Å². The molecular weight excluding hydrogens is 583 g/mol. The minimum atomic E-state index is -0.414. The van der Waals surface area contributed by atoms with Gasteiger partial charge < -0.3 is 52.8 Å². The summed E-state index contributed by atoms with van der Waals surface area (Å²) >= 11 is 0. The van der Waals surface area contributed by atoms with E-state index in [0.717, 1.165) is 13.5 Å². The number of halogens is 1. The normalized spacial score (nSPS) is 44.3. The van der Waals surface area contributed by atoms with Gasteiger partial charge in [0.25, 0.3) is 0 Å². The third kappa shape index (κ3) is 4.60. The molecule has 0 aromatic rings. The van der Waals surface area contributed by atoms with Crippen LogP contribution in [0.1, 0.15) is 36.0 Å². The second-order valence-corrected chi connectivity index (χ2v) is 10.2. The highest BCUT2D eigenvalue weighted by Gasteiger charge is 2.71. The van der Waals surface area contributed by atoms with Crippen molar-refractivity contribution in [1.29, 1.82) is 0 Å². The van der Waals surface area contributed by atoms with E-state index in [1.807, 2.05) is 0 Å². The second-order valence-electron chi connectivity index (χ2n) is 10.2. The number of aliphatic hydroxyl groups excluding tert-OH is 1. The number of hydrogen-bond acceptors (Lipinski definition) is 9. The zero-order chi connectivity index (χ0) is 23.6. The summed E-state index contributed by atoms with van der Waals surface area (Å²) in [6.45, 7) is 6.34. The Morgan fingerprint density at radius 3 is 1.94 bits per heavy atom. The number of cyclic esters (lactones) is 2. The minimum Gasteiger partial charge on any atom is -1.00 e. The molecule has 3 aliphatic heterocycles. The predicted molar refractivity (Wildman–Crippen MR) is 126 cm³/mol. The Hall–Kier alpha value is -1.24. The average molecular weight is 625 g/mol. The first kappa shape index (κ1) is 31.0. The lowest BCUT2D eigenvalue weighted by atomic mass is 9.78. The van der Waals surface area contributed by atoms with Gasteiger partial charge in [0.2, 0.25) is 0 Å². The molecule has 7 fully saturated rings. The minimum absolute atomic E-state index is 0. The van der Waals surface area contributed by atoms with Gasteiger partial charge in [0.05, 0.1) is 43.4 Å². The molecule has 0 amide bonds. The van der Waals surface area contributed by atoms with Crippen molar-refractivity contribution in [3.63, 3.8) is 0 Å². The van der Waals surface area contributed by atoms with Crippen LogP contribution in [0, 0.1) is 47.3 Å². The number of hydrogen-bond donors (Lipinski definition) is 1. The van der Waals surface area contributed by atoms with Crippen LogP contribution >= 0.6 is 0 Å². The first-order valence-electron chi connectivity index (χ1n) is 11.7. The summed E-state index contributed by atoms with van der Waals surface area (Å²) in [6.07, 6.45) is 2.54. The van der Waals surface area contributed by atoms with Gasteiger partial charge in [-0.05, 0) is 31.6 Å². The van der Waals surface area contributed by atoms with E-state index in [4.69, 9.17) is 28.8 Å². The first-order chi connectivity index (χ1) is 15.9. The van der Waals surface area contributed by atoms with Crippen molar-refractivity contribution in [3.05, 3.63) is 12.2 Å². The van der Waals surface area contributed by atoms with Gasteiger partial charge >= 0.3 is 19.3 Å². The van der Waals surface area contributed by atoms with Crippen LogP contribution in [-0.2, 0) is 38.1 Å². The van der Waals surface area contributed by atoms with Crippen molar-refractivity contribution in [1.82, 2.24) is 0 Å². The summed E-state index contributed by atoms with van der Waals surface area (Å²) in [5.41, 5.74) is 0.364. The number of rotatable bonds is 3. The number of carbonyl (C=O) groups is 3. The molecule has 7 rings (SSSR count). The third-order valence-electron chi connectivity index (χ3n) is 8.85. The van der Waals surface area contributed by atoms with E-state index in [1.54, 1.807) is 14.0 Å². The lowest BCUT2D eigenvalue weighted by molar-refractivity contribution is -0.162. The summed E-state index contributed by atoms with van der Waals surface area (Å²) in [5, 5.41) is 7.00. The molecule has 3 heterocycles. The number of carbonyl (C=O) groups excluding carboxylic acids is 3. The summed E-state index contributed by atoms with van der Waals surface area (Å²) < 4.78 is 26.7. The van der Waals surface area contributed by atoms with Crippen LogP contribution in [-0.4, -0.2) is 74.9 Å². The number of fused-ring (bicyclic) bond motifs is 13. The molecule has 1 N–H and O–H groups in total. The van der Waals surface area contributed by atoms with E-state index in [2.05, 4.69) is 6.58 Å². The summed E-state index contributed by atoms with van der Waals surface area (Å²) in [6, 6.07) is 0. The maximum Gasteiger partial charge on any atom is 1.00 e. The molecule has 4 saturated carbocycles. The number of epoxide rings is 1. The van der Waals surface area contributed by atoms with Crippen LogP contribution in [0.2, 0.25) is 0 Å². The van der Waals surface area contributed by atoms with Crippen molar-refractivity contribution < 1.29 is 68.6 Å². The molecule has 12 unspecified atom stereocenters. The van der Waals surface area contributed by atoms with E-state index < -0.39 is 5.97 Å². The SMILES string of the molecule is C.C.C=C(C)C(=O)OC1C2CC(C3COC(=O)C32)C1OC.CO.O=C1OCC2C3CC(C4OC34)C12.[H+].[I-]. The Morgan fingerprint density at radius 2 is 1.39 bits per heavy atom. The molecular formula is C26H41IO9. The zero-order valence-corrected chi connectivity index (χ0v) is 21.7. The molecule has 0 aromatic carbocycles. The van der Waals surface area contributed by atoms with Gasteiger partial charge in [-0.1, -0.05) is 21.4 Å². The van der Waals surface area contributed by atoms with E-state index in [1.165, 1.54) is 6.42 Å². The summed E-state index contributed by atoms with van der Waals surface area (Å²) in [7, 11) is 2.62. The average Bonchev–Trinajstić information content (AvgIpc) is 3.32. The van der Waals surface area contributed by atoms with Gasteiger partial charge in [0.15, 0.2) is 0 Å². The van der Waals surface area contributed by atoms with Crippen molar-refractivity contribution in [3.8, 4) is 0 Å². The van der Waals surface area contributed by atoms with Crippen LogP contribution in [0.5, 0.6) is 0 Å². The van der Waals surface area contributed by atoms with E-state index in [9.17, 15) is 14.4 Å². The summed E-state index contributed by atoms with van der Waals surface area (Å²) in [4.78, 5) is 34.8. The quantitative estimate of drug-likeness (QED) is 0.140. The maximum atomic E-state index is 11.8. The van der Waals surface area contributed by atoms with Crippen molar-refractivity contribution in [2.75, 3.05) is 27.4 Å². The van der Waals surface area contributed by atoms with Gasteiger partial charge in [-0.15, -0.1) is 0 Å². The van der Waals surface area contributed by atoms with Crippen molar-refractivity contribution >= 4 is 17.9 Å². The van der Waals surface area contributed by atoms with Gasteiger partial charge in [0, 0.05) is 43.5 Å². The number of methoxy groups -OCH3 is 1. The number of esters is 3. The first-order valence-corrected chi connectivity index (χ1v) is 11.7. The Bertz CT molecular complexity index is 867. The largest absolute Gasteiger partial charge is 1.00 e. The van der Waals surface area contributed by atoms with Crippen LogP contribution < -0.4 is 24.0 Å². The Labute approximate surface area is 232 Å². The Morgan fingerprint density at radius 1 is 0.889 bits per heavy atom. The Balaban J connectivity index is 0.000000332. The molecule has 10 heteroatoms. The van der Waals surface area contributed by atoms with Gasteiger partial charge in [-0.2, -0.15) is 0 Å². The van der Waals surface area contributed by atoms with E-state index in [0.29, 0.717) is 48.7 Å². The fourth-order valence-electron chi connectivity index (χ4n) is 7.57. The van der Waals surface area contributed by atoms with Gasteiger partial charge in [-0.25, -0.2) is 4.79 Å². The lowest BCUT2D eigenvalue weighted by Crippen LogP contribution is -3.00. The topological polar surface area (TPSA) is 121 Å². The third-order valence-corrected chi connectivity index (χ3v) is 8.85. The van der Waals surface area contributed by atoms with E-state index >= 15 is 0 Å². The fourth-order valence-corrected chi connectivity index (χ4v) is 7.57. The van der Waals surface area contributed by atoms with Crippen molar-refractivity contribution in [2.24, 2.45) is 47.3 Å². The molecule has 4 bridgehead atoms. The van der Waals surface area contributed by atoms with Gasteiger partial charge in [0.1, 0.15) is 6.10 Å². The highest BCUT2D eigenvalue weighted by molar-refractivity contribution is 5.87. The standard InChI is InChI=1S/C14H18O5.C9H10O3.CH4O.2CH4.HI/c1-6(2)13(15)19-12-8-4-7(11(12)17-3)9-5-18-14(16)10(8)9;10-9-6-4-1-3(5(6)2-11-9)7-8(4)12-7;1-2;;;/h7-12H,1,4-5H2,2-3H3;3-8H,1-2H2;2H,1H3;2*1H4;1H. The molecule has 3 saturated heterocycles.